The highest BCUT2D eigenvalue weighted by atomic mass is 16.5. The molecule has 0 radical (unpaired) electrons. The van der Waals surface area contributed by atoms with Crippen LogP contribution in [-0.4, -0.2) is 57.4 Å². The third kappa shape index (κ3) is 2.28. The number of aliphatic hydroxyl groups excluding tert-OH is 1. The van der Waals surface area contributed by atoms with Gasteiger partial charge in [0.1, 0.15) is 0 Å². The molecule has 1 unspecified atom stereocenters. The molecule has 114 valence electrons. The fourth-order valence-corrected chi connectivity index (χ4v) is 2.50. The van der Waals surface area contributed by atoms with E-state index in [9.17, 15) is 19.8 Å². The Balaban J connectivity index is 2.35. The smallest absolute Gasteiger partial charge is 0.276 e. The van der Waals surface area contributed by atoms with E-state index >= 15 is 0 Å². The van der Waals surface area contributed by atoms with Gasteiger partial charge in [0.05, 0.1) is 18.8 Å². The second-order valence-electron chi connectivity index (χ2n) is 5.87. The fourth-order valence-electron chi connectivity index (χ4n) is 2.50. The lowest BCUT2D eigenvalue weighted by Crippen LogP contribution is -2.79. The van der Waals surface area contributed by atoms with Crippen molar-refractivity contribution in [2.45, 2.75) is 43.7 Å². The topological polar surface area (TPSA) is 128 Å². The Morgan fingerprint density at radius 1 is 1.40 bits per heavy atom. The number of carbonyl (C=O) groups is 2. The van der Waals surface area contributed by atoms with Crippen molar-refractivity contribution < 1.29 is 29.6 Å². The van der Waals surface area contributed by atoms with Crippen molar-refractivity contribution in [1.82, 2.24) is 10.6 Å². The lowest BCUT2D eigenvalue weighted by Gasteiger charge is -2.49. The van der Waals surface area contributed by atoms with Gasteiger partial charge in [0.2, 0.25) is 11.4 Å². The molecule has 20 heavy (non-hydrogen) atoms. The third-order valence-electron chi connectivity index (χ3n) is 3.92. The standard InChI is InChI=1S/C12H20N2O6/c1-7-3-4-20-11(5-10(2,18)6-15)8(16)14-12(7,19)9(17)13-11/h7,15,18-19H,3-6H2,1-2H3,(H,13,17)(H,14,16)/t7?,10-,11+,12-/m1/s1. The van der Waals surface area contributed by atoms with Gasteiger partial charge in [-0.25, -0.2) is 0 Å². The predicted molar refractivity (Wildman–Crippen MR) is 66.0 cm³/mol. The van der Waals surface area contributed by atoms with Gasteiger partial charge >= 0.3 is 0 Å². The summed E-state index contributed by atoms with van der Waals surface area (Å²) < 4.78 is 5.47. The van der Waals surface area contributed by atoms with Gasteiger partial charge in [-0.15, -0.1) is 0 Å². The van der Waals surface area contributed by atoms with E-state index in [4.69, 9.17) is 9.84 Å². The summed E-state index contributed by atoms with van der Waals surface area (Å²) >= 11 is 0. The van der Waals surface area contributed by atoms with Gasteiger partial charge in [-0.2, -0.15) is 0 Å². The van der Waals surface area contributed by atoms with Crippen LogP contribution in [0.5, 0.6) is 0 Å². The third-order valence-corrected chi connectivity index (χ3v) is 3.92. The monoisotopic (exact) mass is 288 g/mol. The Morgan fingerprint density at radius 2 is 2.05 bits per heavy atom. The number of hydrogen-bond donors (Lipinski definition) is 5. The summed E-state index contributed by atoms with van der Waals surface area (Å²) in [6.07, 6.45) is 0.0474. The number of rotatable bonds is 3. The molecule has 5 N–H and O–H groups in total. The van der Waals surface area contributed by atoms with Crippen molar-refractivity contribution in [3.63, 3.8) is 0 Å². The maximum Gasteiger partial charge on any atom is 0.276 e. The zero-order chi connectivity index (χ0) is 15.2. The van der Waals surface area contributed by atoms with Crippen LogP contribution in [0.2, 0.25) is 0 Å². The van der Waals surface area contributed by atoms with E-state index in [-0.39, 0.29) is 13.0 Å². The highest BCUT2D eigenvalue weighted by molar-refractivity contribution is 6.00. The Morgan fingerprint density at radius 3 is 2.65 bits per heavy atom. The van der Waals surface area contributed by atoms with Crippen LogP contribution in [0.3, 0.4) is 0 Å². The van der Waals surface area contributed by atoms with Gasteiger partial charge in [-0.1, -0.05) is 6.92 Å². The molecular formula is C12H20N2O6. The minimum Gasteiger partial charge on any atom is -0.393 e. The predicted octanol–water partition coefficient (Wildman–Crippen LogP) is -2.19. The van der Waals surface area contributed by atoms with Gasteiger partial charge < -0.3 is 30.7 Å². The average molecular weight is 288 g/mol. The highest BCUT2D eigenvalue weighted by Gasteiger charge is 2.59. The number of carbonyl (C=O) groups excluding carboxylic acids is 2. The van der Waals surface area contributed by atoms with E-state index < -0.39 is 41.4 Å². The van der Waals surface area contributed by atoms with Crippen molar-refractivity contribution in [1.29, 1.82) is 0 Å². The first-order valence-corrected chi connectivity index (χ1v) is 6.50. The molecule has 2 bridgehead atoms. The summed E-state index contributed by atoms with van der Waals surface area (Å²) in [6, 6.07) is 0. The molecule has 0 aromatic carbocycles. The fraction of sp³-hybridized carbons (Fsp3) is 0.833. The second-order valence-corrected chi connectivity index (χ2v) is 5.87. The molecule has 0 aromatic heterocycles. The Labute approximate surface area is 116 Å². The lowest BCUT2D eigenvalue weighted by molar-refractivity contribution is -0.209. The van der Waals surface area contributed by atoms with Crippen molar-refractivity contribution in [2.75, 3.05) is 13.2 Å². The van der Waals surface area contributed by atoms with Gasteiger partial charge in [0.15, 0.2) is 0 Å². The Bertz CT molecular complexity index is 440. The van der Waals surface area contributed by atoms with Crippen LogP contribution in [0.25, 0.3) is 0 Å². The van der Waals surface area contributed by atoms with Crippen LogP contribution in [-0.2, 0) is 14.3 Å². The second kappa shape index (κ2) is 4.66. The highest BCUT2D eigenvalue weighted by Crippen LogP contribution is 2.33. The molecule has 3 saturated heterocycles. The zero-order valence-corrected chi connectivity index (χ0v) is 11.5. The van der Waals surface area contributed by atoms with E-state index in [0.29, 0.717) is 6.42 Å². The van der Waals surface area contributed by atoms with Crippen LogP contribution in [0.4, 0.5) is 0 Å². The summed E-state index contributed by atoms with van der Waals surface area (Å²) in [5, 5.41) is 34.0. The molecule has 3 heterocycles. The van der Waals surface area contributed by atoms with Crippen molar-refractivity contribution in [2.24, 2.45) is 5.92 Å². The number of amides is 2. The summed E-state index contributed by atoms with van der Waals surface area (Å²) in [4.78, 5) is 24.3. The molecule has 3 fully saturated rings. The zero-order valence-electron chi connectivity index (χ0n) is 11.5. The molecule has 8 heteroatoms. The molecule has 0 aromatic rings. The van der Waals surface area contributed by atoms with E-state index in [2.05, 4.69) is 10.6 Å². The average Bonchev–Trinajstić information content (AvgIpc) is 2.35. The maximum atomic E-state index is 12.2. The van der Waals surface area contributed by atoms with Gasteiger partial charge in [-0.05, 0) is 13.3 Å². The van der Waals surface area contributed by atoms with Crippen molar-refractivity contribution >= 4 is 11.8 Å². The number of hydrogen-bond acceptors (Lipinski definition) is 6. The van der Waals surface area contributed by atoms with Crippen LogP contribution in [0.15, 0.2) is 0 Å². The molecule has 3 rings (SSSR count). The first-order valence-electron chi connectivity index (χ1n) is 6.50. The van der Waals surface area contributed by atoms with E-state index in [1.807, 2.05) is 0 Å². The maximum absolute atomic E-state index is 12.2. The van der Waals surface area contributed by atoms with E-state index in [1.54, 1.807) is 6.92 Å². The van der Waals surface area contributed by atoms with Crippen LogP contribution in [0.1, 0.15) is 26.7 Å². The first-order chi connectivity index (χ1) is 9.15. The van der Waals surface area contributed by atoms with Crippen molar-refractivity contribution in [3.05, 3.63) is 0 Å². The molecule has 0 spiro atoms. The normalized spacial score (nSPS) is 40.4. The van der Waals surface area contributed by atoms with Crippen LogP contribution >= 0.6 is 0 Å². The van der Waals surface area contributed by atoms with Gasteiger partial charge in [0.25, 0.3) is 11.8 Å². The Hall–Kier alpha value is -1.22. The summed E-state index contributed by atoms with van der Waals surface area (Å²) in [7, 11) is 0. The number of aliphatic hydroxyl groups is 3. The lowest BCUT2D eigenvalue weighted by atomic mass is 9.85. The molecule has 0 aliphatic carbocycles. The molecule has 0 saturated carbocycles. The molecule has 2 amide bonds. The van der Waals surface area contributed by atoms with Gasteiger partial charge in [0, 0.05) is 12.3 Å². The molecule has 4 atom stereocenters. The number of fused-ring (bicyclic) bond motifs is 5. The van der Waals surface area contributed by atoms with Crippen LogP contribution < -0.4 is 10.6 Å². The molecule has 3 aliphatic heterocycles. The number of piperazine rings is 1. The van der Waals surface area contributed by atoms with E-state index in [1.165, 1.54) is 6.92 Å². The summed E-state index contributed by atoms with van der Waals surface area (Å²) in [6.45, 7) is 2.50. The minimum absolute atomic E-state index is 0.138. The SMILES string of the molecule is CC1CCO[C@]2(C[C@@](C)(O)CO)NC(=O)[C@@]1(O)NC2=O. The van der Waals surface area contributed by atoms with Crippen molar-refractivity contribution in [3.8, 4) is 0 Å². The summed E-state index contributed by atoms with van der Waals surface area (Å²) in [5.74, 6) is -2.03. The van der Waals surface area contributed by atoms with Gasteiger partial charge in [-0.3, -0.25) is 9.59 Å². The molecule has 3 aliphatic rings. The van der Waals surface area contributed by atoms with Crippen LogP contribution in [0, 0.1) is 5.92 Å². The minimum atomic E-state index is -1.98. The summed E-state index contributed by atoms with van der Waals surface area (Å²) in [5.41, 5.74) is -5.37. The molecule has 8 nitrogen and oxygen atoms in total. The Kier molecular flexibility index (Phi) is 3.53. The molecular weight excluding hydrogens is 268 g/mol. The number of nitrogens with one attached hydrogen (secondary N) is 2. The number of ether oxygens (including phenoxy) is 1. The van der Waals surface area contributed by atoms with E-state index in [0.717, 1.165) is 0 Å². The first kappa shape index (κ1) is 15.2. The quantitative estimate of drug-likeness (QED) is 0.401. The largest absolute Gasteiger partial charge is 0.393 e.